The first-order chi connectivity index (χ1) is 17.7. The van der Waals surface area contributed by atoms with Gasteiger partial charge in [0.15, 0.2) is 0 Å². The van der Waals surface area contributed by atoms with Gasteiger partial charge in [0.25, 0.3) is 10.0 Å². The summed E-state index contributed by atoms with van der Waals surface area (Å²) in [5.74, 6) is 0.126. The van der Waals surface area contributed by atoms with E-state index in [4.69, 9.17) is 9.47 Å². The number of hydrogen-bond acceptors (Lipinski definition) is 7. The van der Waals surface area contributed by atoms with Crippen molar-refractivity contribution in [1.82, 2.24) is 14.7 Å². The van der Waals surface area contributed by atoms with Crippen molar-refractivity contribution < 1.29 is 22.7 Å². The topological polar surface area (TPSA) is 107 Å². The van der Waals surface area contributed by atoms with Gasteiger partial charge in [-0.2, -0.15) is 0 Å². The molecule has 1 fully saturated rings. The SMILES string of the molecule is COc1cncc([C@@H]2C[C@]2(C(=O)NS(=O)(=O)c2cccc3nc(C)ccc23)c2cc(C)ccc2OC)c1. The maximum absolute atomic E-state index is 14.0. The van der Waals surface area contributed by atoms with Gasteiger partial charge in [0.05, 0.1) is 36.2 Å². The smallest absolute Gasteiger partial charge is 0.264 e. The summed E-state index contributed by atoms with van der Waals surface area (Å²) in [6.45, 7) is 3.75. The predicted octanol–water partition coefficient (Wildman–Crippen LogP) is 4.19. The monoisotopic (exact) mass is 517 g/mol. The average Bonchev–Trinajstić information content (AvgIpc) is 3.65. The number of rotatable bonds is 7. The fraction of sp³-hybridized carbons (Fsp3) is 0.250. The third-order valence-corrected chi connectivity index (χ3v) is 8.31. The van der Waals surface area contributed by atoms with Gasteiger partial charge in [-0.15, -0.1) is 0 Å². The summed E-state index contributed by atoms with van der Waals surface area (Å²) in [5.41, 5.74) is 2.47. The maximum atomic E-state index is 14.0. The second-order valence-electron chi connectivity index (χ2n) is 9.30. The molecule has 8 nitrogen and oxygen atoms in total. The van der Waals surface area contributed by atoms with Gasteiger partial charge in [0.1, 0.15) is 11.5 Å². The summed E-state index contributed by atoms with van der Waals surface area (Å²) in [6, 6.07) is 15.7. The molecule has 0 bridgehead atoms. The van der Waals surface area contributed by atoms with Crippen molar-refractivity contribution in [2.45, 2.75) is 36.5 Å². The Bertz CT molecular complexity index is 1640. The minimum absolute atomic E-state index is 0.00236. The number of methoxy groups -OCH3 is 2. The van der Waals surface area contributed by atoms with Crippen molar-refractivity contribution in [3.05, 3.63) is 89.4 Å². The summed E-state index contributed by atoms with van der Waals surface area (Å²) in [4.78, 5) is 22.7. The Morgan fingerprint density at radius 2 is 1.84 bits per heavy atom. The summed E-state index contributed by atoms with van der Waals surface area (Å²) >= 11 is 0. The van der Waals surface area contributed by atoms with Gasteiger partial charge in [-0.1, -0.05) is 23.8 Å². The van der Waals surface area contributed by atoms with E-state index in [1.54, 1.807) is 49.8 Å². The Balaban J connectivity index is 1.60. The minimum Gasteiger partial charge on any atom is -0.496 e. The van der Waals surface area contributed by atoms with E-state index >= 15 is 0 Å². The van der Waals surface area contributed by atoms with Crippen LogP contribution in [0.2, 0.25) is 0 Å². The highest BCUT2D eigenvalue weighted by molar-refractivity contribution is 7.90. The third kappa shape index (κ3) is 4.29. The van der Waals surface area contributed by atoms with Crippen LogP contribution >= 0.6 is 0 Å². The molecule has 5 rings (SSSR count). The van der Waals surface area contributed by atoms with Crippen LogP contribution in [-0.2, 0) is 20.2 Å². The second kappa shape index (κ2) is 9.15. The minimum atomic E-state index is -4.22. The maximum Gasteiger partial charge on any atom is 0.264 e. The van der Waals surface area contributed by atoms with Crippen LogP contribution < -0.4 is 14.2 Å². The van der Waals surface area contributed by atoms with Crippen molar-refractivity contribution >= 4 is 26.8 Å². The number of sulfonamides is 1. The third-order valence-electron chi connectivity index (χ3n) is 6.92. The predicted molar refractivity (Wildman–Crippen MR) is 139 cm³/mol. The molecule has 2 atom stereocenters. The number of carbonyl (C=O) groups excluding carboxylic acids is 1. The number of benzene rings is 2. The second-order valence-corrected chi connectivity index (χ2v) is 11.0. The number of aryl methyl sites for hydroxylation is 2. The van der Waals surface area contributed by atoms with Crippen LogP contribution in [0.15, 0.2) is 71.9 Å². The quantitative estimate of drug-likeness (QED) is 0.392. The van der Waals surface area contributed by atoms with E-state index in [-0.39, 0.29) is 10.8 Å². The molecular formula is C28H27N3O5S. The Morgan fingerprint density at radius 3 is 2.59 bits per heavy atom. The van der Waals surface area contributed by atoms with Gasteiger partial charge < -0.3 is 9.47 Å². The molecule has 37 heavy (non-hydrogen) atoms. The van der Waals surface area contributed by atoms with Crippen molar-refractivity contribution in [3.63, 3.8) is 0 Å². The highest BCUT2D eigenvalue weighted by Gasteiger charge is 2.63. The Hall–Kier alpha value is -3.98. The molecule has 0 radical (unpaired) electrons. The van der Waals surface area contributed by atoms with E-state index in [9.17, 15) is 13.2 Å². The molecule has 1 amide bonds. The highest BCUT2D eigenvalue weighted by atomic mass is 32.2. The lowest BCUT2D eigenvalue weighted by Crippen LogP contribution is -2.40. The Kier molecular flexibility index (Phi) is 6.11. The van der Waals surface area contributed by atoms with E-state index in [1.165, 1.54) is 13.2 Å². The molecule has 190 valence electrons. The number of nitrogens with zero attached hydrogens (tertiary/aromatic N) is 2. The van der Waals surface area contributed by atoms with Crippen LogP contribution in [0.4, 0.5) is 0 Å². The summed E-state index contributed by atoms with van der Waals surface area (Å²) < 4.78 is 40.5. The van der Waals surface area contributed by atoms with E-state index in [0.717, 1.165) is 16.8 Å². The molecule has 1 aliphatic rings. The summed E-state index contributed by atoms with van der Waals surface area (Å²) in [6.07, 6.45) is 3.65. The number of aromatic nitrogens is 2. The standard InChI is InChI=1S/C28H27N3O5S/c1-17-8-11-25(36-4)22(12-17)28(14-23(28)19-13-20(35-3)16-29-15-19)27(32)31-37(33,34)26-7-5-6-24-21(26)10-9-18(2)30-24/h5-13,15-16,23H,14H2,1-4H3,(H,31,32)/t23-,28-/m0/s1. The number of amides is 1. The van der Waals surface area contributed by atoms with E-state index in [1.807, 2.05) is 32.0 Å². The zero-order valence-electron chi connectivity index (χ0n) is 21.0. The molecule has 0 aliphatic heterocycles. The van der Waals surface area contributed by atoms with Crippen molar-refractivity contribution in [2.24, 2.45) is 0 Å². The molecule has 2 heterocycles. The molecule has 2 aromatic carbocycles. The number of hydrogen-bond donors (Lipinski definition) is 1. The molecular weight excluding hydrogens is 490 g/mol. The zero-order chi connectivity index (χ0) is 26.4. The fourth-order valence-electron chi connectivity index (χ4n) is 4.98. The number of nitrogens with one attached hydrogen (secondary N) is 1. The van der Waals surface area contributed by atoms with Crippen molar-refractivity contribution in [3.8, 4) is 11.5 Å². The van der Waals surface area contributed by atoms with Gasteiger partial charge in [-0.05, 0) is 62.2 Å². The molecule has 1 N–H and O–H groups in total. The van der Waals surface area contributed by atoms with E-state index < -0.39 is 21.3 Å². The molecule has 4 aromatic rings. The van der Waals surface area contributed by atoms with Gasteiger partial charge in [-0.25, -0.2) is 13.1 Å². The lowest BCUT2D eigenvalue weighted by Gasteiger charge is -2.21. The molecule has 9 heteroatoms. The van der Waals surface area contributed by atoms with Crippen molar-refractivity contribution in [1.29, 1.82) is 0 Å². The van der Waals surface area contributed by atoms with Crippen molar-refractivity contribution in [2.75, 3.05) is 14.2 Å². The molecule has 1 aliphatic carbocycles. The van der Waals surface area contributed by atoms with Crippen LogP contribution in [0.25, 0.3) is 10.9 Å². The molecule has 0 saturated heterocycles. The molecule has 1 saturated carbocycles. The Morgan fingerprint density at radius 1 is 1.03 bits per heavy atom. The number of fused-ring (bicyclic) bond motifs is 1. The zero-order valence-corrected chi connectivity index (χ0v) is 21.8. The summed E-state index contributed by atoms with van der Waals surface area (Å²) in [7, 11) is -1.14. The molecule has 0 spiro atoms. The highest BCUT2D eigenvalue weighted by Crippen LogP contribution is 2.62. The summed E-state index contributed by atoms with van der Waals surface area (Å²) in [5, 5.41) is 0.444. The lowest BCUT2D eigenvalue weighted by atomic mass is 9.88. The van der Waals surface area contributed by atoms with Crippen LogP contribution in [0, 0.1) is 13.8 Å². The number of pyridine rings is 2. The van der Waals surface area contributed by atoms with E-state index in [0.29, 0.717) is 34.4 Å². The number of carbonyl (C=O) groups is 1. The first-order valence-electron chi connectivity index (χ1n) is 11.8. The largest absolute Gasteiger partial charge is 0.496 e. The van der Waals surface area contributed by atoms with Crippen LogP contribution in [0.1, 0.15) is 34.7 Å². The van der Waals surface area contributed by atoms with Crippen LogP contribution in [0.5, 0.6) is 11.5 Å². The van der Waals surface area contributed by atoms with Gasteiger partial charge >= 0.3 is 0 Å². The van der Waals surface area contributed by atoms with E-state index in [2.05, 4.69) is 14.7 Å². The first-order valence-corrected chi connectivity index (χ1v) is 13.3. The first kappa shape index (κ1) is 24.7. The molecule has 0 unspecified atom stereocenters. The van der Waals surface area contributed by atoms with Crippen LogP contribution in [0.3, 0.4) is 0 Å². The van der Waals surface area contributed by atoms with Gasteiger partial charge in [-0.3, -0.25) is 14.8 Å². The van der Waals surface area contributed by atoms with Gasteiger partial charge in [0, 0.05) is 28.8 Å². The fourth-order valence-corrected chi connectivity index (χ4v) is 6.23. The number of ether oxygens (including phenoxy) is 2. The molecule has 2 aromatic heterocycles. The average molecular weight is 518 g/mol. The van der Waals surface area contributed by atoms with Gasteiger partial charge in [0.2, 0.25) is 5.91 Å². The lowest BCUT2D eigenvalue weighted by molar-refractivity contribution is -0.122. The normalized spacial score (nSPS) is 18.9. The van der Waals surface area contributed by atoms with Crippen LogP contribution in [-0.4, -0.2) is 38.5 Å². The Labute approximate surface area is 215 Å².